The summed E-state index contributed by atoms with van der Waals surface area (Å²) in [5.74, 6) is 0. The van der Waals surface area contributed by atoms with Gasteiger partial charge in [-0.15, -0.1) is 0 Å². The maximum Gasteiger partial charge on any atom is 0.243 e. The molecule has 0 radical (unpaired) electrons. The van der Waals surface area contributed by atoms with Crippen molar-refractivity contribution in [3.05, 3.63) is 28.2 Å². The highest BCUT2D eigenvalue weighted by molar-refractivity contribution is 7.89. The summed E-state index contributed by atoms with van der Waals surface area (Å²) in [7, 11) is -3.65. The Morgan fingerprint density at radius 2 is 2.11 bits per heavy atom. The lowest BCUT2D eigenvalue weighted by Crippen LogP contribution is -2.46. The third-order valence-corrected chi connectivity index (χ3v) is 5.43. The molecule has 1 aromatic carbocycles. The van der Waals surface area contributed by atoms with E-state index in [1.54, 1.807) is 0 Å². The van der Waals surface area contributed by atoms with E-state index in [9.17, 15) is 8.42 Å². The predicted octanol–water partition coefficient (Wildman–Crippen LogP) is 1.38. The topological polar surface area (TPSA) is 66.8 Å². The summed E-state index contributed by atoms with van der Waals surface area (Å²) in [6, 6.07) is 4.18. The van der Waals surface area contributed by atoms with Crippen LogP contribution in [-0.4, -0.2) is 50.2 Å². The maximum atomic E-state index is 12.4. The monoisotopic (exact) mass is 325 g/mol. The second-order valence-electron chi connectivity index (χ2n) is 4.11. The van der Waals surface area contributed by atoms with E-state index in [0.29, 0.717) is 5.02 Å². The Morgan fingerprint density at radius 1 is 1.37 bits per heavy atom. The summed E-state index contributed by atoms with van der Waals surface area (Å²) in [6.07, 6.45) is -0.494. The molecule has 1 aliphatic heterocycles. The number of benzene rings is 1. The molecule has 1 N–H and O–H groups in total. The van der Waals surface area contributed by atoms with Gasteiger partial charge in [-0.25, -0.2) is 8.42 Å². The van der Waals surface area contributed by atoms with Crippen LogP contribution >= 0.6 is 23.2 Å². The number of hydrogen-bond donors (Lipinski definition) is 1. The van der Waals surface area contributed by atoms with E-state index >= 15 is 0 Å². The first kappa shape index (κ1) is 15.0. The van der Waals surface area contributed by atoms with Gasteiger partial charge in [0.2, 0.25) is 10.0 Å². The molecular formula is C11H13Cl2NO4S. The minimum Gasteiger partial charge on any atom is -0.394 e. The Kier molecular flexibility index (Phi) is 4.70. The quantitative estimate of drug-likeness (QED) is 0.911. The van der Waals surface area contributed by atoms with E-state index in [-0.39, 0.29) is 36.2 Å². The molecule has 1 fully saturated rings. The number of nitrogens with zero attached hydrogens (tertiary/aromatic N) is 1. The maximum absolute atomic E-state index is 12.4. The van der Waals surface area contributed by atoms with Gasteiger partial charge in [0.1, 0.15) is 0 Å². The summed E-state index contributed by atoms with van der Waals surface area (Å²) in [5.41, 5.74) is 0. The first-order valence-electron chi connectivity index (χ1n) is 5.63. The van der Waals surface area contributed by atoms with Crippen molar-refractivity contribution in [1.82, 2.24) is 4.31 Å². The van der Waals surface area contributed by atoms with Crippen LogP contribution < -0.4 is 0 Å². The van der Waals surface area contributed by atoms with Crippen LogP contribution in [0.4, 0.5) is 0 Å². The molecule has 0 spiro atoms. The van der Waals surface area contributed by atoms with Gasteiger partial charge in [-0.1, -0.05) is 23.2 Å². The molecule has 2 rings (SSSR count). The largest absolute Gasteiger partial charge is 0.394 e. The van der Waals surface area contributed by atoms with Crippen LogP contribution in [0.5, 0.6) is 0 Å². The van der Waals surface area contributed by atoms with E-state index < -0.39 is 16.1 Å². The second kappa shape index (κ2) is 5.95. The second-order valence-corrected chi connectivity index (χ2v) is 6.87. The van der Waals surface area contributed by atoms with Crippen LogP contribution in [0.2, 0.25) is 10.0 Å². The summed E-state index contributed by atoms with van der Waals surface area (Å²) in [6.45, 7) is 0.414. The van der Waals surface area contributed by atoms with Crippen molar-refractivity contribution in [2.24, 2.45) is 0 Å². The van der Waals surface area contributed by atoms with Gasteiger partial charge in [-0.05, 0) is 18.2 Å². The van der Waals surface area contributed by atoms with Crippen LogP contribution in [0, 0.1) is 0 Å². The van der Waals surface area contributed by atoms with Crippen molar-refractivity contribution in [3.63, 3.8) is 0 Å². The van der Waals surface area contributed by atoms with Gasteiger partial charge in [0, 0.05) is 13.1 Å². The van der Waals surface area contributed by atoms with Crippen molar-refractivity contribution < 1.29 is 18.3 Å². The van der Waals surface area contributed by atoms with Gasteiger partial charge in [-0.3, -0.25) is 0 Å². The van der Waals surface area contributed by atoms with Crippen LogP contribution in [0.1, 0.15) is 0 Å². The average molecular weight is 326 g/mol. The fourth-order valence-corrected chi connectivity index (χ4v) is 3.65. The lowest BCUT2D eigenvalue weighted by atomic mass is 10.3. The van der Waals surface area contributed by atoms with E-state index in [1.807, 2.05) is 0 Å². The lowest BCUT2D eigenvalue weighted by Gasteiger charge is -2.31. The number of aliphatic hydroxyl groups excluding tert-OH is 1. The summed E-state index contributed by atoms with van der Waals surface area (Å²) in [5, 5.41) is 9.53. The van der Waals surface area contributed by atoms with Gasteiger partial charge >= 0.3 is 0 Å². The molecule has 1 aliphatic rings. The molecule has 1 aromatic rings. The van der Waals surface area contributed by atoms with Crippen LogP contribution in [0.3, 0.4) is 0 Å². The first-order valence-corrected chi connectivity index (χ1v) is 7.82. The smallest absolute Gasteiger partial charge is 0.243 e. The zero-order chi connectivity index (χ0) is 14.0. The van der Waals surface area contributed by atoms with Crippen molar-refractivity contribution in [1.29, 1.82) is 0 Å². The number of halogens is 2. The van der Waals surface area contributed by atoms with Crippen LogP contribution in [0.25, 0.3) is 0 Å². The average Bonchev–Trinajstić information content (AvgIpc) is 2.41. The Balaban J connectivity index is 2.28. The van der Waals surface area contributed by atoms with Gasteiger partial charge < -0.3 is 9.84 Å². The number of ether oxygens (including phenoxy) is 1. The zero-order valence-electron chi connectivity index (χ0n) is 9.92. The van der Waals surface area contributed by atoms with Gasteiger partial charge in [0.25, 0.3) is 0 Å². The minimum absolute atomic E-state index is 0.0838. The SMILES string of the molecule is O=S(=O)(c1ccc(Cl)c(Cl)c1)N1CCOC(CO)C1. The van der Waals surface area contributed by atoms with E-state index in [0.717, 1.165) is 0 Å². The molecule has 0 aliphatic carbocycles. The molecule has 0 bridgehead atoms. The number of rotatable bonds is 3. The van der Waals surface area contributed by atoms with Crippen LogP contribution in [-0.2, 0) is 14.8 Å². The van der Waals surface area contributed by atoms with Crippen molar-refractivity contribution in [2.45, 2.75) is 11.0 Å². The van der Waals surface area contributed by atoms with Crippen LogP contribution in [0.15, 0.2) is 23.1 Å². The van der Waals surface area contributed by atoms with Crippen molar-refractivity contribution in [3.8, 4) is 0 Å². The molecule has 0 aromatic heterocycles. The summed E-state index contributed by atoms with van der Waals surface area (Å²) in [4.78, 5) is 0.0838. The van der Waals surface area contributed by atoms with Crippen molar-refractivity contribution >= 4 is 33.2 Å². The highest BCUT2D eigenvalue weighted by Gasteiger charge is 2.30. The summed E-state index contributed by atoms with van der Waals surface area (Å²) < 4.78 is 31.3. The first-order chi connectivity index (χ1) is 8.95. The Hall–Kier alpha value is -0.370. The van der Waals surface area contributed by atoms with E-state index in [2.05, 4.69) is 0 Å². The zero-order valence-corrected chi connectivity index (χ0v) is 12.2. The molecule has 0 saturated carbocycles. The molecule has 1 heterocycles. The Morgan fingerprint density at radius 3 is 2.74 bits per heavy atom. The molecule has 0 amide bonds. The Bertz CT molecular complexity index is 564. The predicted molar refractivity (Wildman–Crippen MR) is 72.0 cm³/mol. The standard InChI is InChI=1S/C11H13Cl2NO4S/c12-10-2-1-9(5-11(10)13)19(16,17)14-3-4-18-8(6-14)7-15/h1-2,5,8,15H,3-4,6-7H2. The van der Waals surface area contributed by atoms with E-state index in [1.165, 1.54) is 22.5 Å². The number of sulfonamides is 1. The number of morpholine rings is 1. The third kappa shape index (κ3) is 3.21. The minimum atomic E-state index is -3.65. The molecule has 1 atom stereocenters. The highest BCUT2D eigenvalue weighted by Crippen LogP contribution is 2.27. The fraction of sp³-hybridized carbons (Fsp3) is 0.455. The molecule has 1 saturated heterocycles. The number of hydrogen-bond acceptors (Lipinski definition) is 4. The molecule has 19 heavy (non-hydrogen) atoms. The number of aliphatic hydroxyl groups is 1. The lowest BCUT2D eigenvalue weighted by molar-refractivity contribution is -0.0304. The highest BCUT2D eigenvalue weighted by atomic mass is 35.5. The third-order valence-electron chi connectivity index (χ3n) is 2.83. The fourth-order valence-electron chi connectivity index (χ4n) is 1.81. The van der Waals surface area contributed by atoms with Crippen molar-refractivity contribution in [2.75, 3.05) is 26.3 Å². The molecule has 8 heteroatoms. The molecule has 1 unspecified atom stereocenters. The molecule has 106 valence electrons. The van der Waals surface area contributed by atoms with Gasteiger partial charge in [0.15, 0.2) is 0 Å². The normalized spacial score (nSPS) is 21.5. The summed E-state index contributed by atoms with van der Waals surface area (Å²) >= 11 is 11.6. The van der Waals surface area contributed by atoms with Gasteiger partial charge in [-0.2, -0.15) is 4.31 Å². The Labute approximate surface area is 121 Å². The van der Waals surface area contributed by atoms with Gasteiger partial charge in [0.05, 0.1) is 34.3 Å². The molecular weight excluding hydrogens is 313 g/mol. The molecule has 5 nitrogen and oxygen atoms in total. The van der Waals surface area contributed by atoms with E-state index in [4.69, 9.17) is 33.0 Å².